The van der Waals surface area contributed by atoms with Gasteiger partial charge in [-0.2, -0.15) is 17.5 Å². The molecule has 3 N–H and O–H groups in total. The molecule has 0 saturated carbocycles. The number of hydrogen-bond donors (Lipinski definition) is 2. The number of rotatable bonds is 9. The molecule has 2 aromatic carbocycles. The molecule has 0 spiro atoms. The number of Topliss-reactive ketones (excluding diaryl/α,β-unsaturated/α-hetero) is 1. The largest absolute Gasteiger partial charge is 0.443 e. The average molecular weight is 659 g/mol. The number of aromatic nitrogens is 1. The van der Waals surface area contributed by atoms with Crippen LogP contribution in [0.1, 0.15) is 52.6 Å². The molecule has 5 rings (SSSR count). The molecule has 14 heteroatoms. The van der Waals surface area contributed by atoms with Crippen LogP contribution in [-0.2, 0) is 33.8 Å². The summed E-state index contributed by atoms with van der Waals surface area (Å²) in [4.78, 5) is 17.3. The number of piperazine rings is 1. The highest BCUT2D eigenvalue weighted by Crippen LogP contribution is 2.36. The van der Waals surface area contributed by atoms with Crippen molar-refractivity contribution >= 4 is 38.7 Å². The lowest BCUT2D eigenvalue weighted by molar-refractivity contribution is -0.137. The van der Waals surface area contributed by atoms with Crippen LogP contribution in [0.25, 0.3) is 0 Å². The molecule has 1 aromatic heterocycles. The minimum absolute atomic E-state index is 0.00160. The first-order valence-corrected chi connectivity index (χ1v) is 16.8. The van der Waals surface area contributed by atoms with E-state index in [1.54, 1.807) is 30.3 Å². The predicted molar refractivity (Wildman–Crippen MR) is 157 cm³/mol. The number of ketones is 1. The number of fused-ring (bicyclic) bond motifs is 2. The molecule has 232 valence electrons. The molecule has 5 atom stereocenters. The van der Waals surface area contributed by atoms with Gasteiger partial charge in [-0.05, 0) is 60.6 Å². The lowest BCUT2D eigenvalue weighted by Crippen LogP contribution is -2.57. The van der Waals surface area contributed by atoms with E-state index in [1.807, 2.05) is 0 Å². The third kappa shape index (κ3) is 7.29. The molecule has 2 fully saturated rings. The zero-order chi connectivity index (χ0) is 30.9. The lowest BCUT2D eigenvalue weighted by atomic mass is 9.84. The molecule has 1 unspecified atom stereocenters. The molecule has 2 aliphatic heterocycles. The van der Waals surface area contributed by atoms with Crippen molar-refractivity contribution in [2.24, 2.45) is 5.73 Å². The number of alkyl halides is 3. The number of carbonyl (C=O) groups excluding carboxylic acids is 1. The number of halogens is 5. The van der Waals surface area contributed by atoms with Crippen LogP contribution in [0.3, 0.4) is 0 Å². The fourth-order valence-electron chi connectivity index (χ4n) is 5.89. The number of sulfonamides is 1. The van der Waals surface area contributed by atoms with Crippen molar-refractivity contribution in [3.63, 3.8) is 0 Å². The molecular formula is C29H31ClF4N4O3S2. The molecular weight excluding hydrogens is 628 g/mol. The van der Waals surface area contributed by atoms with Crippen LogP contribution in [0.15, 0.2) is 47.8 Å². The van der Waals surface area contributed by atoms with Crippen LogP contribution in [0, 0.1) is 5.82 Å². The number of benzene rings is 2. The molecule has 2 saturated heterocycles. The fourth-order valence-corrected chi connectivity index (χ4v) is 8.54. The molecule has 7 nitrogen and oxygen atoms in total. The van der Waals surface area contributed by atoms with Gasteiger partial charge in [0.15, 0.2) is 10.8 Å². The van der Waals surface area contributed by atoms with Crippen molar-refractivity contribution in [2.75, 3.05) is 18.8 Å². The van der Waals surface area contributed by atoms with Gasteiger partial charge in [-0.15, -0.1) is 11.3 Å². The van der Waals surface area contributed by atoms with Crippen molar-refractivity contribution in [1.29, 1.82) is 0 Å². The van der Waals surface area contributed by atoms with E-state index in [2.05, 4.69) is 10.3 Å². The molecule has 3 aromatic rings. The smallest absolute Gasteiger partial charge is 0.321 e. The van der Waals surface area contributed by atoms with E-state index in [1.165, 1.54) is 21.8 Å². The summed E-state index contributed by atoms with van der Waals surface area (Å²) in [6, 6.07) is 9.09. The van der Waals surface area contributed by atoms with Crippen LogP contribution in [0.4, 0.5) is 17.6 Å². The molecule has 2 bridgehead atoms. The summed E-state index contributed by atoms with van der Waals surface area (Å²) in [5, 5.41) is 3.98. The van der Waals surface area contributed by atoms with Crippen molar-refractivity contribution in [1.82, 2.24) is 14.6 Å². The van der Waals surface area contributed by atoms with Gasteiger partial charge in [0.25, 0.3) is 0 Å². The molecule has 0 aliphatic carbocycles. The summed E-state index contributed by atoms with van der Waals surface area (Å²) in [5.74, 6) is -1.95. The second-order valence-corrected chi connectivity index (χ2v) is 14.3. The van der Waals surface area contributed by atoms with Crippen LogP contribution in [-0.4, -0.2) is 60.5 Å². The van der Waals surface area contributed by atoms with Gasteiger partial charge in [0, 0.05) is 47.9 Å². The molecule has 0 amide bonds. The van der Waals surface area contributed by atoms with E-state index in [4.69, 9.17) is 17.3 Å². The van der Waals surface area contributed by atoms with Gasteiger partial charge in [-0.1, -0.05) is 35.9 Å². The van der Waals surface area contributed by atoms with Gasteiger partial charge in [-0.25, -0.2) is 17.8 Å². The number of nitrogens with one attached hydrogen (secondary N) is 1. The summed E-state index contributed by atoms with van der Waals surface area (Å²) < 4.78 is 82.4. The van der Waals surface area contributed by atoms with Crippen LogP contribution >= 0.6 is 22.9 Å². The molecule has 2 aliphatic rings. The zero-order valence-electron chi connectivity index (χ0n) is 23.0. The summed E-state index contributed by atoms with van der Waals surface area (Å²) >= 11 is 6.43. The quantitative estimate of drug-likeness (QED) is 0.316. The monoisotopic (exact) mass is 658 g/mol. The highest BCUT2D eigenvalue weighted by Gasteiger charge is 2.39. The maximum absolute atomic E-state index is 15.1. The molecule has 0 radical (unpaired) electrons. The first-order chi connectivity index (χ1) is 20.3. The topological polar surface area (TPSA) is 105 Å². The zero-order valence-corrected chi connectivity index (χ0v) is 25.4. The van der Waals surface area contributed by atoms with Gasteiger partial charge < -0.3 is 11.1 Å². The Kier molecular flexibility index (Phi) is 9.60. The van der Waals surface area contributed by atoms with Crippen molar-refractivity contribution in [3.05, 3.63) is 86.1 Å². The van der Waals surface area contributed by atoms with Gasteiger partial charge in [0.1, 0.15) is 5.82 Å². The SMILES string of the molecule is N[C@H](C(=O)Cc1cccc(F)c1CC[C@H]1CN[C@@H]2CCCS(=O)(=O)N1C2)[C@@H](c1ccc(Cl)cc1)c1csc(C(F)(F)F)n1. The number of hydrogen-bond acceptors (Lipinski definition) is 7. The van der Waals surface area contributed by atoms with E-state index in [0.29, 0.717) is 53.4 Å². The standard InChI is InChI=1S/C29H31ClF4N4O3S2/c30-19-8-6-17(7-9-19)26(24-16-42-28(37-24)29(32,33)34)27(35)25(39)13-18-3-1-5-23(31)22(18)11-10-21-14-36-20-4-2-12-43(40,41)38(21)15-20/h1,3,5-9,16,20-21,26-27,36H,2,4,10-15,35H2/t20-,21+,26+,27-/m1/s1. The van der Waals surface area contributed by atoms with Gasteiger partial charge in [0.2, 0.25) is 10.0 Å². The Morgan fingerprint density at radius 3 is 2.65 bits per heavy atom. The van der Waals surface area contributed by atoms with E-state index >= 15 is 4.39 Å². The minimum Gasteiger partial charge on any atom is -0.321 e. The lowest BCUT2D eigenvalue weighted by Gasteiger charge is -2.37. The minimum atomic E-state index is -4.65. The number of thiazole rings is 1. The van der Waals surface area contributed by atoms with Crippen LogP contribution in [0.5, 0.6) is 0 Å². The Morgan fingerprint density at radius 1 is 1.21 bits per heavy atom. The fraction of sp³-hybridized carbons (Fsp3) is 0.448. The third-order valence-corrected chi connectivity index (χ3v) is 11.2. The number of carbonyl (C=O) groups is 1. The van der Waals surface area contributed by atoms with E-state index in [0.717, 1.165) is 6.42 Å². The molecule has 43 heavy (non-hydrogen) atoms. The van der Waals surface area contributed by atoms with Crippen molar-refractivity contribution < 1.29 is 30.8 Å². The summed E-state index contributed by atoms with van der Waals surface area (Å²) in [6.45, 7) is 0.830. The van der Waals surface area contributed by atoms with Crippen molar-refractivity contribution in [3.8, 4) is 0 Å². The second kappa shape index (κ2) is 12.9. The van der Waals surface area contributed by atoms with E-state index < -0.39 is 44.8 Å². The Bertz CT molecular complexity index is 1570. The third-order valence-electron chi connectivity index (χ3n) is 8.11. The van der Waals surface area contributed by atoms with Gasteiger partial charge in [0.05, 0.1) is 17.5 Å². The maximum Gasteiger partial charge on any atom is 0.443 e. The Balaban J connectivity index is 1.37. The van der Waals surface area contributed by atoms with Gasteiger partial charge >= 0.3 is 6.18 Å². The average Bonchev–Trinajstić information content (AvgIpc) is 3.41. The highest BCUT2D eigenvalue weighted by molar-refractivity contribution is 7.89. The summed E-state index contributed by atoms with van der Waals surface area (Å²) in [7, 11) is -3.42. The van der Waals surface area contributed by atoms with E-state index in [-0.39, 0.29) is 41.9 Å². The predicted octanol–water partition coefficient (Wildman–Crippen LogP) is 4.92. The summed E-state index contributed by atoms with van der Waals surface area (Å²) in [6.07, 6.45) is -3.02. The molecule has 3 heterocycles. The Labute approximate surface area is 256 Å². The first-order valence-electron chi connectivity index (χ1n) is 13.9. The van der Waals surface area contributed by atoms with Gasteiger partial charge in [-0.3, -0.25) is 4.79 Å². The maximum atomic E-state index is 15.1. The van der Waals surface area contributed by atoms with Crippen molar-refractivity contribution in [2.45, 2.75) is 62.3 Å². The second-order valence-electron chi connectivity index (χ2n) is 11.0. The Hall–Kier alpha value is -2.42. The normalized spacial score (nSPS) is 23.3. The Morgan fingerprint density at radius 2 is 1.95 bits per heavy atom. The van der Waals surface area contributed by atoms with E-state index in [9.17, 15) is 26.4 Å². The number of nitrogens with zero attached hydrogens (tertiary/aromatic N) is 2. The first kappa shape index (κ1) is 32.0. The van der Waals surface area contributed by atoms with Crippen LogP contribution < -0.4 is 11.1 Å². The number of nitrogens with two attached hydrogens (primary N) is 1. The summed E-state index contributed by atoms with van der Waals surface area (Å²) in [5.41, 5.74) is 7.58. The van der Waals surface area contributed by atoms with Crippen LogP contribution in [0.2, 0.25) is 5.02 Å². The highest BCUT2D eigenvalue weighted by atomic mass is 35.5.